The van der Waals surface area contributed by atoms with E-state index in [4.69, 9.17) is 12.0 Å². The number of hydrogen-bond donors (Lipinski definition) is 3. The van der Waals surface area contributed by atoms with Crippen LogP contribution >= 0.6 is 0 Å². The molecule has 4 fully saturated rings. The summed E-state index contributed by atoms with van der Waals surface area (Å²) in [6.45, 7) is 6.29. The highest BCUT2D eigenvalue weighted by Crippen LogP contribution is 2.68. The van der Waals surface area contributed by atoms with Gasteiger partial charge in [0.25, 0.3) is 0 Å². The van der Waals surface area contributed by atoms with Gasteiger partial charge in [-0.25, -0.2) is 0 Å². The molecule has 4 rings (SSSR count). The molecule has 0 aliphatic heterocycles. The summed E-state index contributed by atoms with van der Waals surface area (Å²) in [7, 11) is 0. The molecule has 4 aliphatic rings. The first-order valence-corrected chi connectivity index (χ1v) is 11.2. The molecule has 0 aromatic rings. The molecule has 4 unspecified atom stereocenters. The molecule has 4 heteroatoms. The van der Waals surface area contributed by atoms with E-state index in [-0.39, 0.29) is 23.7 Å². The van der Waals surface area contributed by atoms with Crippen LogP contribution in [0.1, 0.15) is 91.7 Å². The van der Waals surface area contributed by atoms with E-state index in [9.17, 15) is 15.0 Å². The summed E-state index contributed by atoms with van der Waals surface area (Å²) in [5, 5.41) is 31.1. The molecule has 4 saturated carbocycles. The molecule has 0 radical (unpaired) electrons. The van der Waals surface area contributed by atoms with Crippen LogP contribution in [0.15, 0.2) is 0 Å². The molecular formula is C24H40O4. The van der Waals surface area contributed by atoms with Gasteiger partial charge in [0.15, 0.2) is 0 Å². The highest BCUT2D eigenvalue weighted by atomic mass is 16.4. The first kappa shape index (κ1) is 15.2. The van der Waals surface area contributed by atoms with Crippen molar-refractivity contribution in [2.45, 2.75) is 97.1 Å². The minimum atomic E-state index is -3.02. The Labute approximate surface area is 177 Å². The molecule has 0 aromatic heterocycles. The third kappa shape index (κ3) is 3.05. The van der Waals surface area contributed by atoms with Crippen molar-refractivity contribution in [1.82, 2.24) is 0 Å². The highest BCUT2D eigenvalue weighted by molar-refractivity contribution is 5.66. The van der Waals surface area contributed by atoms with Crippen LogP contribution in [0.2, 0.25) is 0 Å². The van der Waals surface area contributed by atoms with Gasteiger partial charge >= 0.3 is 5.97 Å². The van der Waals surface area contributed by atoms with Crippen LogP contribution in [0.25, 0.3) is 0 Å². The van der Waals surface area contributed by atoms with E-state index in [1.807, 2.05) is 0 Å². The number of rotatable bonds is 4. The second kappa shape index (κ2) is 7.27. The third-order valence-corrected chi connectivity index (χ3v) is 9.52. The number of aliphatic carboxylic acids is 1. The smallest absolute Gasteiger partial charge is 0.303 e. The summed E-state index contributed by atoms with van der Waals surface area (Å²) in [5.74, 6) is -0.267. The lowest BCUT2D eigenvalue weighted by Gasteiger charge is -2.62. The molecule has 3 N–H and O–H groups in total. The Balaban J connectivity index is 1.65. The van der Waals surface area contributed by atoms with Gasteiger partial charge < -0.3 is 15.3 Å². The van der Waals surface area contributed by atoms with Gasteiger partial charge in [-0.15, -0.1) is 0 Å². The summed E-state index contributed by atoms with van der Waals surface area (Å²) in [5.41, 5.74) is -0.992. The zero-order valence-corrected chi connectivity index (χ0v) is 17.4. The van der Waals surface area contributed by atoms with Gasteiger partial charge in [-0.2, -0.15) is 0 Å². The van der Waals surface area contributed by atoms with Crippen molar-refractivity contribution in [2.75, 3.05) is 0 Å². The summed E-state index contributed by atoms with van der Waals surface area (Å²) in [6.07, 6.45) is -4.15. The summed E-state index contributed by atoms with van der Waals surface area (Å²) in [6, 6.07) is 0. The molecule has 0 spiro atoms. The van der Waals surface area contributed by atoms with Crippen molar-refractivity contribution >= 4 is 5.97 Å². The van der Waals surface area contributed by atoms with Gasteiger partial charge in [-0.3, -0.25) is 4.79 Å². The first-order valence-electron chi connectivity index (χ1n) is 13.7. The number of carboxylic acid groups (broad SMARTS) is 1. The quantitative estimate of drug-likeness (QED) is 0.654. The number of carboxylic acids is 1. The Kier molecular flexibility index (Phi) is 3.95. The first-order chi connectivity index (χ1) is 15.0. The van der Waals surface area contributed by atoms with E-state index in [0.29, 0.717) is 30.6 Å². The predicted octanol–water partition coefficient (Wildman–Crippen LogP) is 4.48. The Morgan fingerprint density at radius 2 is 1.89 bits per heavy atom. The monoisotopic (exact) mass is 397 g/mol. The van der Waals surface area contributed by atoms with Crippen LogP contribution in [0.3, 0.4) is 0 Å². The van der Waals surface area contributed by atoms with Gasteiger partial charge in [0, 0.05) is 11.9 Å². The minimum Gasteiger partial charge on any atom is -0.481 e. The number of hydrogen-bond acceptors (Lipinski definition) is 3. The average molecular weight is 398 g/mol. The minimum absolute atomic E-state index is 0.0656. The van der Waals surface area contributed by atoms with Crippen LogP contribution in [0.5, 0.6) is 0 Å². The summed E-state index contributed by atoms with van der Waals surface area (Å²) in [4.78, 5) is 11.1. The summed E-state index contributed by atoms with van der Waals surface area (Å²) < 4.78 is 42.2. The fourth-order valence-corrected chi connectivity index (χ4v) is 8.03. The van der Waals surface area contributed by atoms with Gasteiger partial charge in [0.2, 0.25) is 0 Å². The fraction of sp³-hybridized carbons (Fsp3) is 0.958. The highest BCUT2D eigenvalue weighted by Gasteiger charge is 2.62. The van der Waals surface area contributed by atoms with E-state index in [1.165, 1.54) is 0 Å². The van der Waals surface area contributed by atoms with E-state index in [1.54, 1.807) is 6.92 Å². The fourth-order valence-electron chi connectivity index (χ4n) is 8.03. The average Bonchev–Trinajstić information content (AvgIpc) is 3.07. The molecule has 0 heterocycles. The Morgan fingerprint density at radius 3 is 2.61 bits per heavy atom. The summed E-state index contributed by atoms with van der Waals surface area (Å²) >= 11 is 0. The van der Waals surface area contributed by atoms with Crippen molar-refractivity contribution in [1.29, 1.82) is 0 Å². The van der Waals surface area contributed by atoms with Gasteiger partial charge in [-0.1, -0.05) is 20.8 Å². The van der Waals surface area contributed by atoms with Crippen molar-refractivity contribution in [3.63, 3.8) is 0 Å². The predicted molar refractivity (Wildman–Crippen MR) is 109 cm³/mol. The molecule has 4 nitrogen and oxygen atoms in total. The van der Waals surface area contributed by atoms with Crippen LogP contribution in [-0.2, 0) is 4.79 Å². The van der Waals surface area contributed by atoms with E-state index < -0.39 is 42.2 Å². The van der Waals surface area contributed by atoms with Crippen molar-refractivity contribution in [3.05, 3.63) is 0 Å². The lowest BCUT2D eigenvalue weighted by atomic mass is 9.43. The van der Waals surface area contributed by atoms with Crippen LogP contribution in [0, 0.1) is 46.3 Å². The molecule has 0 saturated heterocycles. The lowest BCUT2D eigenvalue weighted by molar-refractivity contribution is -0.182. The largest absolute Gasteiger partial charge is 0.481 e. The molecular weight excluding hydrogens is 352 g/mol. The molecule has 4 aliphatic carbocycles. The van der Waals surface area contributed by atoms with Crippen LogP contribution < -0.4 is 0 Å². The van der Waals surface area contributed by atoms with Crippen molar-refractivity contribution < 1.29 is 27.0 Å². The topological polar surface area (TPSA) is 77.8 Å². The maximum atomic E-state index is 11.3. The standard InChI is InChI=1S/C24H40O4/c1-14(4-9-22(27)28)18-7-8-19-17-6-5-15-12-16(25)13-21(26)24(15,3)20(17)10-11-23(18,19)2/h14-21,25-26H,4-13H2,1-3H3,(H,27,28)/t14-,15?,16?,17+,18?,19+,20+,21?,23-,24+/m1/s1/i12D2,13D2,16D. The maximum absolute atomic E-state index is 11.3. The second-order valence-electron chi connectivity index (χ2n) is 10.6. The molecule has 10 atom stereocenters. The third-order valence-electron chi connectivity index (χ3n) is 9.52. The molecule has 0 bridgehead atoms. The van der Waals surface area contributed by atoms with Gasteiger partial charge in [0.05, 0.1) is 13.6 Å². The van der Waals surface area contributed by atoms with E-state index >= 15 is 0 Å². The lowest BCUT2D eigenvalue weighted by Crippen LogP contribution is -2.59. The normalized spacial score (nSPS) is 60.5. The zero-order valence-electron chi connectivity index (χ0n) is 22.4. The Bertz CT molecular complexity index is 804. The molecule has 0 aromatic carbocycles. The second-order valence-corrected chi connectivity index (χ2v) is 10.6. The van der Waals surface area contributed by atoms with E-state index in [2.05, 4.69) is 13.8 Å². The number of fused-ring (bicyclic) bond motifs is 5. The number of aliphatic hydroxyl groups is 2. The SMILES string of the molecule is [2H]C1([2H])C(O)[C@@]2(C)C(CC[C@@H]3[C@@H]2CC[C@]2(C)C([C@H](C)CCC(=O)O)CC[C@@H]32)C([2H])([2H])C1([2H])O. The van der Waals surface area contributed by atoms with Crippen LogP contribution in [0.4, 0.5) is 0 Å². The molecule has 160 valence electrons. The Morgan fingerprint density at radius 1 is 1.14 bits per heavy atom. The van der Waals surface area contributed by atoms with E-state index in [0.717, 1.165) is 32.1 Å². The Hall–Kier alpha value is -0.610. The number of aliphatic hydroxyl groups excluding tert-OH is 1. The maximum Gasteiger partial charge on any atom is 0.303 e. The molecule has 0 amide bonds. The van der Waals surface area contributed by atoms with Gasteiger partial charge in [0.1, 0.15) is 0 Å². The van der Waals surface area contributed by atoms with Crippen molar-refractivity contribution in [2.24, 2.45) is 46.3 Å². The van der Waals surface area contributed by atoms with Crippen LogP contribution in [-0.4, -0.2) is 33.5 Å². The molecule has 28 heavy (non-hydrogen) atoms. The van der Waals surface area contributed by atoms with Gasteiger partial charge in [-0.05, 0) is 104 Å². The number of carbonyl (C=O) groups is 1. The zero-order chi connectivity index (χ0) is 24.8. The van der Waals surface area contributed by atoms with Crippen molar-refractivity contribution in [3.8, 4) is 0 Å².